The van der Waals surface area contributed by atoms with Crippen LogP contribution >= 0.6 is 11.8 Å². The second-order valence-electron chi connectivity index (χ2n) is 8.20. The van der Waals surface area contributed by atoms with Crippen LogP contribution in [0.15, 0.2) is 88.8 Å². The lowest BCUT2D eigenvalue weighted by Gasteiger charge is -2.18. The zero-order valence-electron chi connectivity index (χ0n) is 19.5. The van der Waals surface area contributed by atoms with E-state index < -0.39 is 0 Å². The molecule has 2 N–H and O–H groups in total. The number of para-hydroxylation sites is 1. The van der Waals surface area contributed by atoms with Crippen LogP contribution in [0.3, 0.4) is 0 Å². The fourth-order valence-electron chi connectivity index (χ4n) is 4.11. The number of nitrogens with zero attached hydrogens (tertiary/aromatic N) is 2. The van der Waals surface area contributed by atoms with Crippen LogP contribution in [-0.2, 0) is 12.8 Å². The molecule has 1 atom stereocenters. The monoisotopic (exact) mass is 486 g/mol. The number of hydrogen-bond donors (Lipinski definition) is 2. The third-order valence-corrected chi connectivity index (χ3v) is 7.07. The van der Waals surface area contributed by atoms with Gasteiger partial charge < -0.3 is 24.0 Å². The summed E-state index contributed by atoms with van der Waals surface area (Å²) >= 11 is 1.56. The minimum absolute atomic E-state index is 0.0468. The van der Waals surface area contributed by atoms with Crippen molar-refractivity contribution in [3.05, 3.63) is 102 Å². The van der Waals surface area contributed by atoms with Crippen molar-refractivity contribution >= 4 is 28.6 Å². The topological polar surface area (TPSA) is 85.1 Å². The summed E-state index contributed by atoms with van der Waals surface area (Å²) in [5.41, 5.74) is 3.27. The number of aromatic amines is 1. The van der Waals surface area contributed by atoms with Gasteiger partial charge in [0.1, 0.15) is 11.5 Å². The minimum atomic E-state index is -0.239. The smallest absolute Gasteiger partial charge is 0.287 e. The molecule has 5 rings (SSSR count). The SMILES string of the molecule is COc1ccc(C(CNC(=O)c2ccc(CSc3nccn3C)o2)c2c[nH]c3ccccc23)cc1. The number of H-pyrrole nitrogens is 1. The molecule has 35 heavy (non-hydrogen) atoms. The Hall–Kier alpha value is -3.91. The number of benzene rings is 2. The molecule has 178 valence electrons. The van der Waals surface area contributed by atoms with Crippen molar-refractivity contribution in [2.24, 2.45) is 7.05 Å². The van der Waals surface area contributed by atoms with Gasteiger partial charge in [-0.15, -0.1) is 0 Å². The first-order valence-electron chi connectivity index (χ1n) is 11.3. The van der Waals surface area contributed by atoms with E-state index in [0.29, 0.717) is 18.1 Å². The minimum Gasteiger partial charge on any atom is -0.497 e. The number of furan rings is 1. The Morgan fingerprint density at radius 1 is 1.17 bits per heavy atom. The largest absolute Gasteiger partial charge is 0.497 e. The number of rotatable bonds is 9. The first kappa shape index (κ1) is 22.9. The van der Waals surface area contributed by atoms with E-state index in [0.717, 1.165) is 38.7 Å². The molecule has 7 nitrogen and oxygen atoms in total. The van der Waals surface area contributed by atoms with Gasteiger partial charge in [0.2, 0.25) is 0 Å². The van der Waals surface area contributed by atoms with Crippen LogP contribution in [0.25, 0.3) is 10.9 Å². The molecule has 0 aliphatic carbocycles. The summed E-state index contributed by atoms with van der Waals surface area (Å²) in [5, 5.41) is 5.10. The summed E-state index contributed by atoms with van der Waals surface area (Å²) in [6.07, 6.45) is 5.68. The van der Waals surface area contributed by atoms with Gasteiger partial charge in [-0.05, 0) is 41.5 Å². The Bertz CT molecular complexity index is 1430. The Morgan fingerprint density at radius 2 is 2.00 bits per heavy atom. The lowest BCUT2D eigenvalue weighted by Crippen LogP contribution is -2.28. The van der Waals surface area contributed by atoms with E-state index in [1.165, 1.54) is 0 Å². The van der Waals surface area contributed by atoms with E-state index in [-0.39, 0.29) is 11.8 Å². The van der Waals surface area contributed by atoms with Gasteiger partial charge in [-0.25, -0.2) is 4.98 Å². The molecule has 8 heteroatoms. The van der Waals surface area contributed by atoms with Gasteiger partial charge in [-0.2, -0.15) is 0 Å². The van der Waals surface area contributed by atoms with Crippen molar-refractivity contribution in [1.82, 2.24) is 19.9 Å². The van der Waals surface area contributed by atoms with Crippen molar-refractivity contribution in [1.29, 1.82) is 0 Å². The molecule has 3 aromatic heterocycles. The molecule has 0 aliphatic rings. The molecule has 1 unspecified atom stereocenters. The number of aryl methyl sites for hydroxylation is 1. The Balaban J connectivity index is 1.32. The average molecular weight is 487 g/mol. The van der Waals surface area contributed by atoms with Gasteiger partial charge in [0, 0.05) is 49.0 Å². The van der Waals surface area contributed by atoms with Gasteiger partial charge in [0.25, 0.3) is 5.91 Å². The highest BCUT2D eigenvalue weighted by atomic mass is 32.2. The molecule has 0 saturated heterocycles. The number of carbonyl (C=O) groups excluding carboxylic acids is 1. The van der Waals surface area contributed by atoms with Gasteiger partial charge >= 0.3 is 0 Å². The third kappa shape index (κ3) is 4.97. The van der Waals surface area contributed by atoms with Crippen LogP contribution in [0, 0.1) is 0 Å². The second kappa shape index (κ2) is 10.1. The zero-order chi connectivity index (χ0) is 24.2. The number of fused-ring (bicyclic) bond motifs is 1. The highest BCUT2D eigenvalue weighted by Crippen LogP contribution is 2.31. The van der Waals surface area contributed by atoms with Crippen LogP contribution in [0.5, 0.6) is 5.75 Å². The molecule has 3 heterocycles. The lowest BCUT2D eigenvalue weighted by atomic mass is 9.90. The maximum atomic E-state index is 13.0. The van der Waals surface area contributed by atoms with Gasteiger partial charge in [0.15, 0.2) is 10.9 Å². The molecule has 5 aromatic rings. The summed E-state index contributed by atoms with van der Waals surface area (Å²) in [5.74, 6) is 2.13. The van der Waals surface area contributed by atoms with Crippen molar-refractivity contribution in [3.63, 3.8) is 0 Å². The Labute approximate surface area is 207 Å². The van der Waals surface area contributed by atoms with E-state index in [9.17, 15) is 4.79 Å². The summed E-state index contributed by atoms with van der Waals surface area (Å²) in [6.45, 7) is 0.422. The maximum absolute atomic E-state index is 13.0. The lowest BCUT2D eigenvalue weighted by molar-refractivity contribution is 0.0923. The number of nitrogens with one attached hydrogen (secondary N) is 2. The molecule has 0 spiro atoms. The number of ether oxygens (including phenoxy) is 1. The summed E-state index contributed by atoms with van der Waals surface area (Å²) in [4.78, 5) is 20.6. The molecular formula is C27H26N4O3S. The van der Waals surface area contributed by atoms with E-state index in [1.54, 1.807) is 31.1 Å². The highest BCUT2D eigenvalue weighted by molar-refractivity contribution is 7.98. The summed E-state index contributed by atoms with van der Waals surface area (Å²) in [7, 11) is 3.60. The third-order valence-electron chi connectivity index (χ3n) is 5.99. The van der Waals surface area contributed by atoms with Gasteiger partial charge in [-0.1, -0.05) is 42.1 Å². The van der Waals surface area contributed by atoms with Crippen molar-refractivity contribution in [3.8, 4) is 5.75 Å². The molecule has 0 fully saturated rings. The molecule has 2 aromatic carbocycles. The number of thioether (sulfide) groups is 1. The number of aromatic nitrogens is 3. The second-order valence-corrected chi connectivity index (χ2v) is 9.14. The predicted octanol–water partition coefficient (Wildman–Crippen LogP) is 5.36. The number of amides is 1. The van der Waals surface area contributed by atoms with E-state index in [1.807, 2.05) is 66.5 Å². The van der Waals surface area contributed by atoms with Crippen molar-refractivity contribution in [2.45, 2.75) is 16.8 Å². The van der Waals surface area contributed by atoms with E-state index in [2.05, 4.69) is 27.4 Å². The quantitative estimate of drug-likeness (QED) is 0.274. The Morgan fingerprint density at radius 3 is 2.77 bits per heavy atom. The summed E-state index contributed by atoms with van der Waals surface area (Å²) < 4.78 is 13.1. The molecular weight excluding hydrogens is 460 g/mol. The van der Waals surface area contributed by atoms with E-state index in [4.69, 9.17) is 9.15 Å². The number of imidazole rings is 1. The molecule has 0 radical (unpaired) electrons. The van der Waals surface area contributed by atoms with Crippen molar-refractivity contribution in [2.75, 3.05) is 13.7 Å². The number of methoxy groups -OCH3 is 1. The standard InChI is InChI=1S/C27H26N4O3S/c1-31-14-13-28-27(31)35-17-20-11-12-25(34-20)26(32)30-15-22(18-7-9-19(33-2)10-8-18)23-16-29-24-6-4-3-5-21(23)24/h3-14,16,22,29H,15,17H2,1-2H3,(H,30,32). The van der Waals surface area contributed by atoms with Crippen LogP contribution in [-0.4, -0.2) is 34.1 Å². The fourth-order valence-corrected chi connectivity index (χ4v) is 4.94. The maximum Gasteiger partial charge on any atom is 0.287 e. The average Bonchev–Trinajstić information content (AvgIpc) is 3.63. The molecule has 0 aliphatic heterocycles. The summed E-state index contributed by atoms with van der Waals surface area (Å²) in [6, 6.07) is 19.7. The van der Waals surface area contributed by atoms with Crippen LogP contribution < -0.4 is 10.1 Å². The molecule has 0 bridgehead atoms. The molecule has 0 saturated carbocycles. The predicted molar refractivity (Wildman–Crippen MR) is 137 cm³/mol. The van der Waals surface area contributed by atoms with Gasteiger partial charge in [-0.3, -0.25) is 4.79 Å². The molecule has 1 amide bonds. The first-order valence-corrected chi connectivity index (χ1v) is 12.3. The highest BCUT2D eigenvalue weighted by Gasteiger charge is 2.21. The van der Waals surface area contributed by atoms with Crippen LogP contribution in [0.2, 0.25) is 0 Å². The Kier molecular flexibility index (Phi) is 6.63. The zero-order valence-corrected chi connectivity index (χ0v) is 20.3. The first-order chi connectivity index (χ1) is 17.1. The van der Waals surface area contributed by atoms with Crippen LogP contribution in [0.4, 0.5) is 0 Å². The van der Waals surface area contributed by atoms with Crippen LogP contribution in [0.1, 0.15) is 33.4 Å². The van der Waals surface area contributed by atoms with E-state index >= 15 is 0 Å². The van der Waals surface area contributed by atoms with Gasteiger partial charge in [0.05, 0.1) is 12.9 Å². The number of hydrogen-bond acceptors (Lipinski definition) is 5. The normalized spacial score (nSPS) is 12.1. The number of carbonyl (C=O) groups is 1. The van der Waals surface area contributed by atoms with Crippen molar-refractivity contribution < 1.29 is 13.9 Å². The fraction of sp³-hybridized carbons (Fsp3) is 0.185.